The summed E-state index contributed by atoms with van der Waals surface area (Å²) in [5.41, 5.74) is 0.408. The van der Waals surface area contributed by atoms with Crippen LogP contribution in [0.1, 0.15) is 36.0 Å². The van der Waals surface area contributed by atoms with Gasteiger partial charge in [-0.1, -0.05) is 12.1 Å². The van der Waals surface area contributed by atoms with Crippen molar-refractivity contribution in [2.45, 2.75) is 31.3 Å². The molecule has 1 atom stereocenters. The molecule has 2 aliphatic rings. The molecule has 0 saturated carbocycles. The minimum absolute atomic E-state index is 0.203. The van der Waals surface area contributed by atoms with Gasteiger partial charge in [0, 0.05) is 13.0 Å². The molecule has 0 amide bonds. The minimum atomic E-state index is -0.318. The van der Waals surface area contributed by atoms with Crippen molar-refractivity contribution in [3.8, 4) is 5.75 Å². The van der Waals surface area contributed by atoms with Crippen molar-refractivity contribution in [2.24, 2.45) is 0 Å². The number of rotatable bonds is 0. The predicted molar refractivity (Wildman–Crippen MR) is 63.4 cm³/mol. The summed E-state index contributed by atoms with van der Waals surface area (Å²) in [4.78, 5) is 12.2. The minimum Gasteiger partial charge on any atom is -0.486 e. The van der Waals surface area contributed by atoms with E-state index in [9.17, 15) is 4.79 Å². The summed E-state index contributed by atoms with van der Waals surface area (Å²) in [5, 5.41) is 0. The molecule has 1 spiro atoms. The summed E-state index contributed by atoms with van der Waals surface area (Å²) < 4.78 is 11.6. The molecule has 90 valence electrons. The van der Waals surface area contributed by atoms with Crippen LogP contribution in [0.2, 0.25) is 0 Å². The van der Waals surface area contributed by atoms with Crippen LogP contribution >= 0.6 is 0 Å². The molecule has 1 fully saturated rings. The zero-order valence-electron chi connectivity index (χ0n) is 9.78. The van der Waals surface area contributed by atoms with Gasteiger partial charge >= 0.3 is 0 Å². The number of ether oxygens (including phenoxy) is 2. The third-order valence-corrected chi connectivity index (χ3v) is 3.62. The lowest BCUT2D eigenvalue weighted by Gasteiger charge is -2.37. The van der Waals surface area contributed by atoms with E-state index in [1.54, 1.807) is 0 Å². The monoisotopic (exact) mass is 232 g/mol. The van der Waals surface area contributed by atoms with Crippen LogP contribution in [0.3, 0.4) is 0 Å². The first-order valence-corrected chi connectivity index (χ1v) is 6.18. The van der Waals surface area contributed by atoms with Crippen molar-refractivity contribution in [3.05, 3.63) is 29.8 Å². The Morgan fingerprint density at radius 3 is 2.94 bits per heavy atom. The van der Waals surface area contributed by atoms with E-state index in [-0.39, 0.29) is 11.4 Å². The number of hydrogen-bond acceptors (Lipinski definition) is 3. The SMILES string of the molecule is O=C1CC2(CCCOCC2)Oc2ccccc21. The summed E-state index contributed by atoms with van der Waals surface area (Å²) in [5.74, 6) is 0.944. The van der Waals surface area contributed by atoms with Crippen molar-refractivity contribution >= 4 is 5.78 Å². The smallest absolute Gasteiger partial charge is 0.170 e. The number of Topliss-reactive ketones (excluding diaryl/α,β-unsaturated/α-hetero) is 1. The lowest BCUT2D eigenvalue weighted by atomic mass is 9.84. The first-order valence-electron chi connectivity index (χ1n) is 6.18. The summed E-state index contributed by atoms with van der Waals surface area (Å²) >= 11 is 0. The molecule has 3 heteroatoms. The summed E-state index contributed by atoms with van der Waals surface area (Å²) in [7, 11) is 0. The first kappa shape index (κ1) is 10.8. The highest BCUT2D eigenvalue weighted by atomic mass is 16.5. The second kappa shape index (κ2) is 4.15. The van der Waals surface area contributed by atoms with E-state index in [2.05, 4.69) is 0 Å². The maximum Gasteiger partial charge on any atom is 0.170 e. The second-order valence-electron chi connectivity index (χ2n) is 4.85. The number of carbonyl (C=O) groups excluding carboxylic acids is 1. The Labute approximate surface area is 101 Å². The Hall–Kier alpha value is -1.35. The fourth-order valence-electron chi connectivity index (χ4n) is 2.70. The van der Waals surface area contributed by atoms with Gasteiger partial charge in [0.1, 0.15) is 11.4 Å². The van der Waals surface area contributed by atoms with E-state index in [4.69, 9.17) is 9.47 Å². The van der Waals surface area contributed by atoms with Crippen LogP contribution in [0.4, 0.5) is 0 Å². The fraction of sp³-hybridized carbons (Fsp3) is 0.500. The molecule has 2 heterocycles. The van der Waals surface area contributed by atoms with Crippen molar-refractivity contribution in [3.63, 3.8) is 0 Å². The van der Waals surface area contributed by atoms with E-state index in [1.807, 2.05) is 24.3 Å². The zero-order chi connectivity index (χ0) is 11.7. The van der Waals surface area contributed by atoms with Gasteiger partial charge < -0.3 is 9.47 Å². The Bertz CT molecular complexity index is 431. The maximum absolute atomic E-state index is 12.2. The number of hydrogen-bond donors (Lipinski definition) is 0. The molecule has 1 unspecified atom stereocenters. The van der Waals surface area contributed by atoms with Gasteiger partial charge in [-0.25, -0.2) is 0 Å². The van der Waals surface area contributed by atoms with Crippen LogP contribution in [0.5, 0.6) is 5.75 Å². The van der Waals surface area contributed by atoms with Gasteiger partial charge in [-0.05, 0) is 25.0 Å². The van der Waals surface area contributed by atoms with Gasteiger partial charge in [-0.15, -0.1) is 0 Å². The summed E-state index contributed by atoms with van der Waals surface area (Å²) in [6, 6.07) is 7.53. The molecule has 0 N–H and O–H groups in total. The standard InChI is InChI=1S/C14H16O3/c15-12-10-14(6-3-8-16-9-7-14)17-13-5-2-1-4-11(12)13/h1-2,4-5H,3,6-10H2. The fourth-order valence-corrected chi connectivity index (χ4v) is 2.70. The Balaban J connectivity index is 1.94. The number of fused-ring (bicyclic) bond motifs is 1. The second-order valence-corrected chi connectivity index (χ2v) is 4.85. The summed E-state index contributed by atoms with van der Waals surface area (Å²) in [6.45, 7) is 1.47. The molecule has 17 heavy (non-hydrogen) atoms. The lowest BCUT2D eigenvalue weighted by Crippen LogP contribution is -2.42. The van der Waals surface area contributed by atoms with Crippen LogP contribution < -0.4 is 4.74 Å². The van der Waals surface area contributed by atoms with Gasteiger partial charge in [0.2, 0.25) is 0 Å². The van der Waals surface area contributed by atoms with E-state index >= 15 is 0 Å². The van der Waals surface area contributed by atoms with Crippen LogP contribution in [0.15, 0.2) is 24.3 Å². The summed E-state index contributed by atoms with van der Waals surface area (Å²) in [6.07, 6.45) is 3.18. The molecular formula is C14H16O3. The van der Waals surface area contributed by atoms with Crippen molar-refractivity contribution in [1.82, 2.24) is 0 Å². The largest absolute Gasteiger partial charge is 0.486 e. The van der Waals surface area contributed by atoms with Crippen molar-refractivity contribution in [2.75, 3.05) is 13.2 Å². The molecule has 1 aromatic rings. The molecule has 0 bridgehead atoms. The van der Waals surface area contributed by atoms with E-state index in [0.717, 1.165) is 37.2 Å². The molecule has 1 saturated heterocycles. The average Bonchev–Trinajstić information content (AvgIpc) is 2.55. The predicted octanol–water partition coefficient (Wildman–Crippen LogP) is 2.59. The Kier molecular flexibility index (Phi) is 2.63. The van der Waals surface area contributed by atoms with E-state index in [0.29, 0.717) is 13.0 Å². The Morgan fingerprint density at radius 1 is 1.12 bits per heavy atom. The highest BCUT2D eigenvalue weighted by Crippen LogP contribution is 2.38. The molecule has 0 aromatic heterocycles. The van der Waals surface area contributed by atoms with Crippen molar-refractivity contribution < 1.29 is 14.3 Å². The van der Waals surface area contributed by atoms with Crippen LogP contribution in [-0.4, -0.2) is 24.6 Å². The lowest BCUT2D eigenvalue weighted by molar-refractivity contribution is 0.0248. The molecule has 2 aliphatic heterocycles. The maximum atomic E-state index is 12.2. The average molecular weight is 232 g/mol. The molecule has 3 nitrogen and oxygen atoms in total. The highest BCUT2D eigenvalue weighted by molar-refractivity contribution is 6.00. The number of carbonyl (C=O) groups is 1. The molecular weight excluding hydrogens is 216 g/mol. The van der Waals surface area contributed by atoms with Gasteiger partial charge in [-0.3, -0.25) is 4.79 Å². The van der Waals surface area contributed by atoms with Gasteiger partial charge in [0.15, 0.2) is 5.78 Å². The van der Waals surface area contributed by atoms with Crippen LogP contribution in [0, 0.1) is 0 Å². The number of benzene rings is 1. The number of ketones is 1. The van der Waals surface area contributed by atoms with Crippen molar-refractivity contribution in [1.29, 1.82) is 0 Å². The molecule has 3 rings (SSSR count). The third kappa shape index (κ3) is 1.95. The first-order chi connectivity index (χ1) is 8.29. The van der Waals surface area contributed by atoms with E-state index < -0.39 is 0 Å². The molecule has 0 aliphatic carbocycles. The quantitative estimate of drug-likeness (QED) is 0.689. The van der Waals surface area contributed by atoms with Crippen LogP contribution in [-0.2, 0) is 4.74 Å². The van der Waals surface area contributed by atoms with Gasteiger partial charge in [-0.2, -0.15) is 0 Å². The van der Waals surface area contributed by atoms with Gasteiger partial charge in [0.05, 0.1) is 18.6 Å². The van der Waals surface area contributed by atoms with Crippen LogP contribution in [0.25, 0.3) is 0 Å². The third-order valence-electron chi connectivity index (χ3n) is 3.62. The van der Waals surface area contributed by atoms with Gasteiger partial charge in [0.25, 0.3) is 0 Å². The zero-order valence-corrected chi connectivity index (χ0v) is 9.78. The Morgan fingerprint density at radius 2 is 2.00 bits per heavy atom. The normalized spacial score (nSPS) is 28.4. The number of para-hydroxylation sites is 1. The highest BCUT2D eigenvalue weighted by Gasteiger charge is 2.40. The molecule has 0 radical (unpaired) electrons. The van der Waals surface area contributed by atoms with E-state index in [1.165, 1.54) is 0 Å². The topological polar surface area (TPSA) is 35.5 Å². The molecule has 1 aromatic carbocycles.